The van der Waals surface area contributed by atoms with Crippen LogP contribution in [-0.4, -0.2) is 28.0 Å². The highest BCUT2D eigenvalue weighted by Gasteiger charge is 2.18. The van der Waals surface area contributed by atoms with E-state index in [0.717, 1.165) is 30.4 Å². The number of aromatic nitrogens is 3. The van der Waals surface area contributed by atoms with Crippen LogP contribution in [0, 0.1) is 27.7 Å². The molecule has 1 aromatic heterocycles. The number of benzene rings is 2. The smallest absolute Gasteiger partial charge is 0.233 e. The van der Waals surface area contributed by atoms with E-state index in [0.29, 0.717) is 11.9 Å². The Kier molecular flexibility index (Phi) is 6.77. The molecule has 6 nitrogen and oxygen atoms in total. The SMILES string of the molecule is Cc1cc(C)cc(Nc2nc(Nc3ccc(C)c(C)c3)nc(N3CCCC3)n2)c1.Cl. The third kappa shape index (κ3) is 5.19. The number of nitrogens with zero attached hydrogens (tertiary/aromatic N) is 4. The highest BCUT2D eigenvalue weighted by molar-refractivity contribution is 5.85. The van der Waals surface area contributed by atoms with Crippen LogP contribution in [0.5, 0.6) is 0 Å². The van der Waals surface area contributed by atoms with Crippen LogP contribution in [0.4, 0.5) is 29.2 Å². The van der Waals surface area contributed by atoms with Crippen molar-refractivity contribution in [2.75, 3.05) is 28.6 Å². The van der Waals surface area contributed by atoms with E-state index >= 15 is 0 Å². The molecule has 4 rings (SSSR count). The molecule has 1 aliphatic rings. The van der Waals surface area contributed by atoms with E-state index in [1.54, 1.807) is 0 Å². The zero-order valence-corrected chi connectivity index (χ0v) is 18.8. The first-order chi connectivity index (χ1) is 14.0. The van der Waals surface area contributed by atoms with Gasteiger partial charge in [-0.3, -0.25) is 0 Å². The Bertz CT molecular complexity index is 1010. The van der Waals surface area contributed by atoms with Crippen LogP contribution < -0.4 is 15.5 Å². The van der Waals surface area contributed by atoms with Gasteiger partial charge in [0.15, 0.2) is 0 Å². The summed E-state index contributed by atoms with van der Waals surface area (Å²) in [7, 11) is 0. The molecule has 0 radical (unpaired) electrons. The molecule has 2 N–H and O–H groups in total. The molecular weight excluding hydrogens is 396 g/mol. The summed E-state index contributed by atoms with van der Waals surface area (Å²) in [6.07, 6.45) is 2.34. The highest BCUT2D eigenvalue weighted by Crippen LogP contribution is 2.24. The van der Waals surface area contributed by atoms with Gasteiger partial charge in [0.2, 0.25) is 17.8 Å². The van der Waals surface area contributed by atoms with Gasteiger partial charge in [-0.15, -0.1) is 12.4 Å². The second-order valence-corrected chi connectivity index (χ2v) is 7.90. The maximum atomic E-state index is 4.70. The molecule has 2 heterocycles. The number of halogens is 1. The van der Waals surface area contributed by atoms with Crippen LogP contribution >= 0.6 is 12.4 Å². The van der Waals surface area contributed by atoms with Crippen molar-refractivity contribution < 1.29 is 0 Å². The number of hydrogen-bond donors (Lipinski definition) is 2. The van der Waals surface area contributed by atoms with Crippen molar-refractivity contribution in [2.24, 2.45) is 0 Å². The van der Waals surface area contributed by atoms with Gasteiger partial charge in [-0.1, -0.05) is 12.1 Å². The van der Waals surface area contributed by atoms with Crippen LogP contribution in [0.15, 0.2) is 36.4 Å². The molecule has 0 saturated carbocycles. The molecule has 1 saturated heterocycles. The van der Waals surface area contributed by atoms with Crippen molar-refractivity contribution in [1.82, 2.24) is 15.0 Å². The lowest BCUT2D eigenvalue weighted by atomic mass is 10.1. The average Bonchev–Trinajstić information content (AvgIpc) is 3.18. The molecular formula is C23H29ClN6. The topological polar surface area (TPSA) is 66.0 Å². The van der Waals surface area contributed by atoms with Crippen LogP contribution in [-0.2, 0) is 0 Å². The molecule has 30 heavy (non-hydrogen) atoms. The maximum absolute atomic E-state index is 4.70. The highest BCUT2D eigenvalue weighted by atomic mass is 35.5. The van der Waals surface area contributed by atoms with Crippen molar-refractivity contribution in [3.8, 4) is 0 Å². The molecule has 1 fully saturated rings. The van der Waals surface area contributed by atoms with E-state index in [1.807, 2.05) is 0 Å². The summed E-state index contributed by atoms with van der Waals surface area (Å²) in [5.41, 5.74) is 6.87. The normalized spacial score (nSPS) is 13.1. The minimum absolute atomic E-state index is 0. The fourth-order valence-electron chi connectivity index (χ4n) is 3.66. The first-order valence-corrected chi connectivity index (χ1v) is 10.2. The Labute approximate surface area is 184 Å². The molecule has 0 aliphatic carbocycles. The molecule has 3 aromatic rings. The Morgan fingerprint density at radius 1 is 0.700 bits per heavy atom. The molecule has 158 valence electrons. The van der Waals surface area contributed by atoms with E-state index in [-0.39, 0.29) is 12.4 Å². The number of rotatable bonds is 5. The lowest BCUT2D eigenvalue weighted by Crippen LogP contribution is -2.21. The van der Waals surface area contributed by atoms with E-state index in [9.17, 15) is 0 Å². The minimum atomic E-state index is 0. The first kappa shape index (κ1) is 21.8. The second-order valence-electron chi connectivity index (χ2n) is 7.90. The van der Waals surface area contributed by atoms with Crippen molar-refractivity contribution >= 4 is 41.6 Å². The summed E-state index contributed by atoms with van der Waals surface area (Å²) < 4.78 is 0. The summed E-state index contributed by atoms with van der Waals surface area (Å²) >= 11 is 0. The van der Waals surface area contributed by atoms with Gasteiger partial charge in [0.1, 0.15) is 0 Å². The van der Waals surface area contributed by atoms with E-state index in [4.69, 9.17) is 9.97 Å². The van der Waals surface area contributed by atoms with Gasteiger partial charge in [0, 0.05) is 24.5 Å². The predicted molar refractivity (Wildman–Crippen MR) is 127 cm³/mol. The van der Waals surface area contributed by atoms with Gasteiger partial charge in [0.25, 0.3) is 0 Å². The van der Waals surface area contributed by atoms with E-state index in [2.05, 4.69) is 84.6 Å². The van der Waals surface area contributed by atoms with Gasteiger partial charge < -0.3 is 15.5 Å². The van der Waals surface area contributed by atoms with Gasteiger partial charge in [-0.25, -0.2) is 0 Å². The Hall–Kier alpha value is -2.86. The number of aryl methyl sites for hydroxylation is 4. The van der Waals surface area contributed by atoms with Crippen LogP contribution in [0.25, 0.3) is 0 Å². The zero-order chi connectivity index (χ0) is 20.4. The number of hydrogen-bond acceptors (Lipinski definition) is 6. The van der Waals surface area contributed by atoms with Crippen molar-refractivity contribution in [2.45, 2.75) is 40.5 Å². The second kappa shape index (κ2) is 9.30. The molecule has 0 amide bonds. The standard InChI is InChI=1S/C23H28N6.ClH/c1-15-11-16(2)13-20(12-15)25-22-26-21(24-19-8-7-17(3)18(4)14-19)27-23(28-22)29-9-5-6-10-29;/h7-8,11-14H,5-6,9-10H2,1-4H3,(H2,24,25,26,27,28);1H. The average molecular weight is 425 g/mol. The molecule has 0 bridgehead atoms. The van der Waals surface area contributed by atoms with Gasteiger partial charge >= 0.3 is 0 Å². The quantitative estimate of drug-likeness (QED) is 0.554. The van der Waals surface area contributed by atoms with Crippen molar-refractivity contribution in [3.63, 3.8) is 0 Å². The fourth-order valence-corrected chi connectivity index (χ4v) is 3.66. The van der Waals surface area contributed by atoms with Crippen molar-refractivity contribution in [1.29, 1.82) is 0 Å². The Morgan fingerprint density at radius 3 is 1.90 bits per heavy atom. The molecule has 1 aliphatic heterocycles. The summed E-state index contributed by atoms with van der Waals surface area (Å²) in [5, 5.41) is 6.72. The Morgan fingerprint density at radius 2 is 1.30 bits per heavy atom. The van der Waals surface area contributed by atoms with E-state index < -0.39 is 0 Å². The largest absolute Gasteiger partial charge is 0.341 e. The summed E-state index contributed by atoms with van der Waals surface area (Å²) in [6.45, 7) is 10.4. The third-order valence-electron chi connectivity index (χ3n) is 5.25. The zero-order valence-electron chi connectivity index (χ0n) is 18.0. The number of anilines is 5. The van der Waals surface area contributed by atoms with Crippen LogP contribution in [0.1, 0.15) is 35.1 Å². The minimum Gasteiger partial charge on any atom is -0.341 e. The lowest BCUT2D eigenvalue weighted by Gasteiger charge is -2.17. The summed E-state index contributed by atoms with van der Waals surface area (Å²) in [6, 6.07) is 12.6. The van der Waals surface area contributed by atoms with Crippen LogP contribution in [0.3, 0.4) is 0 Å². The van der Waals surface area contributed by atoms with E-state index in [1.165, 1.54) is 35.1 Å². The predicted octanol–water partition coefficient (Wildman–Crippen LogP) is 5.61. The molecule has 0 unspecified atom stereocenters. The lowest BCUT2D eigenvalue weighted by molar-refractivity contribution is 0.886. The maximum Gasteiger partial charge on any atom is 0.233 e. The van der Waals surface area contributed by atoms with Gasteiger partial charge in [-0.2, -0.15) is 15.0 Å². The Balaban J connectivity index is 0.00000256. The monoisotopic (exact) mass is 424 g/mol. The summed E-state index contributed by atoms with van der Waals surface area (Å²) in [4.78, 5) is 16.2. The third-order valence-corrected chi connectivity index (χ3v) is 5.25. The number of nitrogens with one attached hydrogen (secondary N) is 2. The van der Waals surface area contributed by atoms with Gasteiger partial charge in [-0.05, 0) is 87.1 Å². The van der Waals surface area contributed by atoms with Gasteiger partial charge in [0.05, 0.1) is 0 Å². The molecule has 0 spiro atoms. The molecule has 0 atom stereocenters. The fraction of sp³-hybridized carbons (Fsp3) is 0.348. The van der Waals surface area contributed by atoms with Crippen molar-refractivity contribution in [3.05, 3.63) is 58.7 Å². The molecule has 2 aromatic carbocycles. The van der Waals surface area contributed by atoms with Crippen LogP contribution in [0.2, 0.25) is 0 Å². The molecule has 7 heteroatoms. The first-order valence-electron chi connectivity index (χ1n) is 10.2. The summed E-state index contributed by atoms with van der Waals surface area (Å²) in [5.74, 6) is 1.82.